The Labute approximate surface area is 535 Å². The van der Waals surface area contributed by atoms with Crippen LogP contribution in [0.2, 0.25) is 5.02 Å². The summed E-state index contributed by atoms with van der Waals surface area (Å²) >= 11 is 6.34. The number of hydrogen-bond donors (Lipinski definition) is 5. The molecule has 3 aliphatic heterocycles. The highest BCUT2D eigenvalue weighted by molar-refractivity contribution is 6.30. The lowest BCUT2D eigenvalue weighted by Crippen LogP contribution is -2.64. The molecular formula is C65H85ClN16O9. The molecule has 2 atom stereocenters. The van der Waals surface area contributed by atoms with Gasteiger partial charge < -0.3 is 50.4 Å². The molecule has 3 saturated heterocycles. The van der Waals surface area contributed by atoms with E-state index in [1.54, 1.807) is 88.8 Å². The summed E-state index contributed by atoms with van der Waals surface area (Å²) < 4.78 is 13.0. The summed E-state index contributed by atoms with van der Waals surface area (Å²) in [7, 11) is 1.74. The van der Waals surface area contributed by atoms with Gasteiger partial charge in [0.1, 0.15) is 41.1 Å². The number of piperidine rings is 2. The molecular weight excluding hydrogens is 1180 g/mol. The molecule has 0 aliphatic carbocycles. The number of rotatable bonds is 22. The van der Waals surface area contributed by atoms with Crippen LogP contribution in [0.25, 0.3) is 22.2 Å². The number of fused-ring (bicyclic) bond motifs is 1. The Hall–Kier alpha value is -8.71. The number of ether oxygens (including phenoxy) is 2. The van der Waals surface area contributed by atoms with Crippen molar-refractivity contribution in [2.75, 3.05) is 89.3 Å². The maximum absolute atomic E-state index is 14.8. The Morgan fingerprint density at radius 3 is 2.33 bits per heavy atom. The third kappa shape index (κ3) is 18.3. The SMILES string of the molecule is CCc1cccc(-c2cnc(C(=O)NCCc3cn(CCC(=O)N4CCN(CC[C@H](NC(=O)C5(NC(=O)OC(C)(C)C)CCN(c6ncnc7[nH]ccc67)CC5)c5ccc(Cl)cc5)CC4)nn3)c(NC(=O)CN(CC3CCN(C)C(=O)C3)C(=O)OC(C)(C)C)c2)c1. The summed E-state index contributed by atoms with van der Waals surface area (Å²) in [5.41, 5.74) is 1.97. The summed E-state index contributed by atoms with van der Waals surface area (Å²) in [5, 5.41) is 22.1. The molecule has 7 heterocycles. The second-order valence-corrected chi connectivity index (χ2v) is 26.1. The molecule has 9 rings (SSSR count). The van der Waals surface area contributed by atoms with Crippen LogP contribution in [0.15, 0.2) is 85.6 Å². The number of anilines is 2. The number of piperazine rings is 1. The number of likely N-dealkylation sites (tertiary alicyclic amines) is 1. The first-order valence-electron chi connectivity index (χ1n) is 31.3. The molecule has 26 heteroatoms. The van der Waals surface area contributed by atoms with Crippen LogP contribution in [0.5, 0.6) is 0 Å². The Morgan fingerprint density at radius 1 is 0.868 bits per heavy atom. The third-order valence-corrected chi connectivity index (χ3v) is 16.8. The van der Waals surface area contributed by atoms with Gasteiger partial charge in [-0.2, -0.15) is 0 Å². The molecule has 3 aliphatic rings. The topological polar surface area (TPSA) is 287 Å². The molecule has 0 spiro atoms. The molecule has 4 aromatic heterocycles. The second-order valence-electron chi connectivity index (χ2n) is 25.7. The van der Waals surface area contributed by atoms with Gasteiger partial charge in [0.05, 0.1) is 29.4 Å². The van der Waals surface area contributed by atoms with Crippen LogP contribution in [0, 0.1) is 5.92 Å². The van der Waals surface area contributed by atoms with Crippen molar-refractivity contribution in [3.05, 3.63) is 113 Å². The van der Waals surface area contributed by atoms with Crippen molar-refractivity contribution in [1.29, 1.82) is 0 Å². The number of H-pyrrole nitrogens is 1. The molecule has 0 radical (unpaired) electrons. The molecule has 0 bridgehead atoms. The second kappa shape index (κ2) is 29.5. The lowest BCUT2D eigenvalue weighted by atomic mass is 9.85. The summed E-state index contributed by atoms with van der Waals surface area (Å²) in [6.45, 7) is 17.1. The van der Waals surface area contributed by atoms with E-state index >= 15 is 0 Å². The Kier molecular flexibility index (Phi) is 21.6. The summed E-state index contributed by atoms with van der Waals surface area (Å²) in [6.07, 6.45) is 8.60. The molecule has 6 aromatic rings. The number of aryl methyl sites for hydroxylation is 2. The summed E-state index contributed by atoms with van der Waals surface area (Å²) in [4.78, 5) is 122. The van der Waals surface area contributed by atoms with Crippen molar-refractivity contribution >= 4 is 75.9 Å². The Balaban J connectivity index is 0.768. The van der Waals surface area contributed by atoms with Gasteiger partial charge in [0, 0.05) is 121 Å². The minimum Gasteiger partial charge on any atom is -0.444 e. The number of halogens is 1. The van der Waals surface area contributed by atoms with Gasteiger partial charge >= 0.3 is 12.2 Å². The zero-order valence-corrected chi connectivity index (χ0v) is 54.1. The maximum atomic E-state index is 14.8. The monoisotopic (exact) mass is 1270 g/mol. The van der Waals surface area contributed by atoms with E-state index in [0.717, 1.165) is 34.3 Å². The van der Waals surface area contributed by atoms with Gasteiger partial charge in [-0.25, -0.2) is 24.5 Å². The number of aromatic amines is 1. The third-order valence-electron chi connectivity index (χ3n) is 16.5. The number of alkyl carbamates (subject to hydrolysis) is 1. The van der Waals surface area contributed by atoms with Gasteiger partial charge in [-0.1, -0.05) is 60.1 Å². The van der Waals surface area contributed by atoms with Crippen LogP contribution >= 0.6 is 11.6 Å². The number of carbonyl (C=O) groups excluding carboxylic acids is 7. The minimum absolute atomic E-state index is 0.0212. The van der Waals surface area contributed by atoms with E-state index in [9.17, 15) is 33.6 Å². The predicted molar refractivity (Wildman–Crippen MR) is 344 cm³/mol. The zero-order chi connectivity index (χ0) is 65.0. The van der Waals surface area contributed by atoms with Crippen molar-refractivity contribution in [2.24, 2.45) is 5.92 Å². The first kappa shape index (κ1) is 66.7. The van der Waals surface area contributed by atoms with Gasteiger partial charge in [-0.15, -0.1) is 5.10 Å². The van der Waals surface area contributed by atoms with E-state index in [2.05, 4.69) is 68.2 Å². The van der Waals surface area contributed by atoms with Crippen LogP contribution in [-0.2, 0) is 48.0 Å². The van der Waals surface area contributed by atoms with Crippen LogP contribution in [0.3, 0.4) is 0 Å². The molecule has 486 valence electrons. The van der Waals surface area contributed by atoms with Crippen molar-refractivity contribution < 1.29 is 43.0 Å². The number of benzene rings is 2. The highest BCUT2D eigenvalue weighted by Crippen LogP contribution is 2.32. The van der Waals surface area contributed by atoms with Gasteiger partial charge in [-0.05, 0) is 121 Å². The van der Waals surface area contributed by atoms with E-state index in [-0.39, 0.29) is 61.0 Å². The molecule has 5 N–H and O–H groups in total. The van der Waals surface area contributed by atoms with E-state index < -0.39 is 53.3 Å². The van der Waals surface area contributed by atoms with Crippen LogP contribution in [0.1, 0.15) is 120 Å². The molecule has 2 aromatic carbocycles. The Bertz CT molecular complexity index is 3550. The van der Waals surface area contributed by atoms with Gasteiger partial charge in [0.2, 0.25) is 23.6 Å². The number of hydrogen-bond acceptors (Lipinski definition) is 16. The van der Waals surface area contributed by atoms with Crippen molar-refractivity contribution in [3.8, 4) is 11.1 Å². The summed E-state index contributed by atoms with van der Waals surface area (Å²) in [5.74, 6) is -0.925. The van der Waals surface area contributed by atoms with Crippen LogP contribution in [-0.4, -0.2) is 192 Å². The zero-order valence-electron chi connectivity index (χ0n) is 53.4. The molecule has 7 amide bonds. The highest BCUT2D eigenvalue weighted by atomic mass is 35.5. The predicted octanol–water partition coefficient (Wildman–Crippen LogP) is 7.19. The molecule has 3 fully saturated rings. The largest absolute Gasteiger partial charge is 0.444 e. The highest BCUT2D eigenvalue weighted by Gasteiger charge is 2.45. The first-order chi connectivity index (χ1) is 43.4. The minimum atomic E-state index is -1.29. The summed E-state index contributed by atoms with van der Waals surface area (Å²) in [6, 6.07) is 18.5. The Morgan fingerprint density at radius 2 is 1.62 bits per heavy atom. The number of amides is 7. The normalized spacial score (nSPS) is 16.6. The molecule has 0 saturated carbocycles. The number of carbonyl (C=O) groups is 7. The van der Waals surface area contributed by atoms with E-state index in [1.807, 2.05) is 53.6 Å². The number of nitrogens with zero attached hydrogens (tertiary/aromatic N) is 11. The van der Waals surface area contributed by atoms with E-state index in [4.69, 9.17) is 21.1 Å². The average molecular weight is 1270 g/mol. The quantitative estimate of drug-likeness (QED) is 0.0449. The smallest absolute Gasteiger partial charge is 0.410 e. The fourth-order valence-corrected chi connectivity index (χ4v) is 11.6. The van der Waals surface area contributed by atoms with Gasteiger partial charge in [-0.3, -0.25) is 38.5 Å². The lowest BCUT2D eigenvalue weighted by molar-refractivity contribution is -0.134. The number of pyridine rings is 1. The maximum Gasteiger partial charge on any atom is 0.410 e. The van der Waals surface area contributed by atoms with Crippen LogP contribution < -0.4 is 26.2 Å². The van der Waals surface area contributed by atoms with E-state index in [0.29, 0.717) is 113 Å². The average Bonchev–Trinajstić information content (AvgIpc) is 1.55. The number of nitrogens with one attached hydrogen (secondary N) is 5. The molecule has 25 nitrogen and oxygen atoms in total. The number of aromatic nitrogens is 7. The van der Waals surface area contributed by atoms with Gasteiger partial charge in [0.15, 0.2) is 5.69 Å². The first-order valence-corrected chi connectivity index (χ1v) is 31.7. The van der Waals surface area contributed by atoms with E-state index in [1.165, 1.54) is 11.2 Å². The standard InChI is InChI=1S/C65H85ClN16O9/c1-9-43-11-10-12-46(35-43)47-37-52(72-53(83)41-81(62(89)91-64(5,6)7)39-44-19-26-77(8)55(85)36-44)56(69-38-47)59(86)68-24-17-49-40-82(76-75-49)28-21-54(84)79-33-31-78(32-34-79)27-20-51(45-13-15-48(66)16-14-45)73-60(87)65(74-61(88)90-63(2,3)4)22-29-80(30-23-65)58-50-18-25-67-57(50)70-42-71-58/h10-16,18,25,35,37-38,40,42,44,51H,9,17,19-24,26-34,36,39,41H2,1-8H3,(H,68,86)(H,72,83)(H,73,87)(H,74,88)(H,67,70,71)/t44?,51-/m0/s1. The molecule has 91 heavy (non-hydrogen) atoms. The lowest BCUT2D eigenvalue weighted by Gasteiger charge is -2.42. The van der Waals surface area contributed by atoms with Crippen molar-refractivity contribution in [1.82, 2.24) is 70.5 Å². The van der Waals surface area contributed by atoms with Crippen molar-refractivity contribution in [2.45, 2.75) is 129 Å². The molecule has 1 unspecified atom stereocenters. The van der Waals surface area contributed by atoms with Crippen LogP contribution in [0.4, 0.5) is 21.1 Å². The fourth-order valence-electron chi connectivity index (χ4n) is 11.5. The van der Waals surface area contributed by atoms with Crippen molar-refractivity contribution in [3.63, 3.8) is 0 Å². The fraction of sp³-hybridized carbons (Fsp3) is 0.508. The van der Waals surface area contributed by atoms with Gasteiger partial charge in [0.25, 0.3) is 5.91 Å².